The summed E-state index contributed by atoms with van der Waals surface area (Å²) in [6.45, 7) is 6.98. The van der Waals surface area contributed by atoms with Crippen molar-refractivity contribution in [3.05, 3.63) is 54.0 Å². The second kappa shape index (κ2) is 8.23. The quantitative estimate of drug-likeness (QED) is 0.643. The predicted molar refractivity (Wildman–Crippen MR) is 105 cm³/mol. The molecule has 2 heterocycles. The summed E-state index contributed by atoms with van der Waals surface area (Å²) in [5, 5.41) is 8.32. The molecule has 0 saturated carbocycles. The lowest BCUT2D eigenvalue weighted by Gasteiger charge is -2.09. The Kier molecular flexibility index (Phi) is 5.78. The first kappa shape index (κ1) is 18.3. The summed E-state index contributed by atoms with van der Waals surface area (Å²) < 4.78 is 3.83. The van der Waals surface area contributed by atoms with Gasteiger partial charge >= 0.3 is 0 Å². The van der Waals surface area contributed by atoms with Gasteiger partial charge in [-0.15, -0.1) is 0 Å². The average molecular weight is 369 g/mol. The van der Waals surface area contributed by atoms with E-state index in [4.69, 9.17) is 0 Å². The van der Waals surface area contributed by atoms with Gasteiger partial charge in [0.25, 0.3) is 0 Å². The van der Waals surface area contributed by atoms with Gasteiger partial charge in [0.15, 0.2) is 5.16 Å². The zero-order valence-corrected chi connectivity index (χ0v) is 16.1. The maximum Gasteiger partial charge on any atom is 0.236 e. The van der Waals surface area contributed by atoms with Crippen molar-refractivity contribution in [2.24, 2.45) is 0 Å². The Morgan fingerprint density at radius 2 is 2.00 bits per heavy atom. The molecule has 0 unspecified atom stereocenters. The van der Waals surface area contributed by atoms with E-state index < -0.39 is 0 Å². The number of nitrogens with one attached hydrogen (secondary N) is 1. The molecular formula is C19H23N5OS. The van der Waals surface area contributed by atoms with Crippen LogP contribution in [0.1, 0.15) is 24.6 Å². The van der Waals surface area contributed by atoms with Crippen LogP contribution in [-0.2, 0) is 11.3 Å². The Morgan fingerprint density at radius 1 is 1.23 bits per heavy atom. The first-order chi connectivity index (χ1) is 12.6. The van der Waals surface area contributed by atoms with Gasteiger partial charge in [-0.25, -0.2) is 9.67 Å². The monoisotopic (exact) mass is 369 g/mol. The third-order valence-corrected chi connectivity index (χ3v) is 4.86. The fourth-order valence-corrected chi connectivity index (χ4v) is 3.41. The van der Waals surface area contributed by atoms with Crippen LogP contribution in [0.15, 0.2) is 47.9 Å². The third kappa shape index (κ3) is 4.35. The van der Waals surface area contributed by atoms with Gasteiger partial charge in [0.05, 0.1) is 17.1 Å². The summed E-state index contributed by atoms with van der Waals surface area (Å²) in [5.41, 5.74) is 2.96. The molecule has 1 amide bonds. The summed E-state index contributed by atoms with van der Waals surface area (Å²) >= 11 is 1.44. The van der Waals surface area contributed by atoms with Crippen LogP contribution in [0.2, 0.25) is 0 Å². The molecule has 6 nitrogen and oxygen atoms in total. The molecule has 0 aliphatic carbocycles. The predicted octanol–water partition coefficient (Wildman–Crippen LogP) is 3.83. The first-order valence-corrected chi connectivity index (χ1v) is 9.63. The lowest BCUT2D eigenvalue weighted by Crippen LogP contribution is -2.17. The zero-order chi connectivity index (χ0) is 18.5. The highest BCUT2D eigenvalue weighted by atomic mass is 32.2. The average Bonchev–Trinajstić information content (AvgIpc) is 3.20. The van der Waals surface area contributed by atoms with Gasteiger partial charge in [0.2, 0.25) is 5.91 Å². The number of aromatic nitrogens is 4. The number of hydrogen-bond donors (Lipinski definition) is 1. The summed E-state index contributed by atoms with van der Waals surface area (Å²) in [6, 6.07) is 9.92. The van der Waals surface area contributed by atoms with Crippen LogP contribution in [0.25, 0.3) is 5.69 Å². The largest absolute Gasteiger partial charge is 0.326 e. The number of carbonyl (C=O) groups excluding carboxylic acids is 1. The van der Waals surface area contributed by atoms with Crippen molar-refractivity contribution in [1.29, 1.82) is 0 Å². The molecule has 0 fully saturated rings. The van der Waals surface area contributed by atoms with Gasteiger partial charge < -0.3 is 9.88 Å². The summed E-state index contributed by atoms with van der Waals surface area (Å²) in [6.07, 6.45) is 4.75. The van der Waals surface area contributed by atoms with Crippen LogP contribution < -0.4 is 5.32 Å². The summed E-state index contributed by atoms with van der Waals surface area (Å²) in [4.78, 5) is 16.7. The number of aryl methyl sites for hydroxylation is 3. The van der Waals surface area contributed by atoms with Gasteiger partial charge in [0.1, 0.15) is 5.82 Å². The molecule has 1 N–H and O–H groups in total. The SMILES string of the molecule is CCCn1ccnc1SCC(=O)Nc1cc(C)nn1-c1ccc(C)cc1. The Balaban J connectivity index is 1.68. The van der Waals surface area contributed by atoms with E-state index in [9.17, 15) is 4.79 Å². The van der Waals surface area contributed by atoms with E-state index in [2.05, 4.69) is 26.9 Å². The van der Waals surface area contributed by atoms with Gasteiger partial charge in [-0.3, -0.25) is 4.79 Å². The minimum Gasteiger partial charge on any atom is -0.326 e. The smallest absolute Gasteiger partial charge is 0.236 e. The minimum atomic E-state index is -0.0747. The van der Waals surface area contributed by atoms with Gasteiger partial charge in [0, 0.05) is 25.0 Å². The van der Waals surface area contributed by atoms with Crippen molar-refractivity contribution in [3.8, 4) is 5.69 Å². The van der Waals surface area contributed by atoms with E-state index in [0.29, 0.717) is 11.6 Å². The highest BCUT2D eigenvalue weighted by Crippen LogP contribution is 2.20. The molecule has 0 aliphatic rings. The number of thioether (sulfide) groups is 1. The van der Waals surface area contributed by atoms with Crippen LogP contribution in [0.4, 0.5) is 5.82 Å². The molecule has 3 rings (SSSR count). The number of imidazole rings is 1. The molecule has 1 aromatic carbocycles. The Morgan fingerprint density at radius 3 is 2.73 bits per heavy atom. The van der Waals surface area contributed by atoms with Crippen LogP contribution in [0, 0.1) is 13.8 Å². The lowest BCUT2D eigenvalue weighted by atomic mass is 10.2. The Bertz CT molecular complexity index is 882. The standard InChI is InChI=1S/C19H23N5OS/c1-4-10-23-11-9-20-19(23)26-13-18(25)21-17-12-15(3)22-24(17)16-7-5-14(2)6-8-16/h5-9,11-12H,4,10,13H2,1-3H3,(H,21,25). The van der Waals surface area contributed by atoms with Crippen LogP contribution >= 0.6 is 11.8 Å². The molecular weight excluding hydrogens is 346 g/mol. The van der Waals surface area contributed by atoms with Gasteiger partial charge in [-0.1, -0.05) is 36.4 Å². The number of carbonyl (C=O) groups is 1. The van der Waals surface area contributed by atoms with Crippen LogP contribution in [0.5, 0.6) is 0 Å². The van der Waals surface area contributed by atoms with E-state index in [-0.39, 0.29) is 5.91 Å². The number of rotatable bonds is 7. The van der Waals surface area contributed by atoms with E-state index in [1.807, 2.05) is 50.4 Å². The molecule has 0 bridgehead atoms. The lowest BCUT2D eigenvalue weighted by molar-refractivity contribution is -0.113. The van der Waals surface area contributed by atoms with Crippen molar-refractivity contribution in [2.75, 3.05) is 11.1 Å². The molecule has 136 valence electrons. The highest BCUT2D eigenvalue weighted by molar-refractivity contribution is 7.99. The van der Waals surface area contributed by atoms with Gasteiger partial charge in [-0.2, -0.15) is 5.10 Å². The number of anilines is 1. The van der Waals surface area contributed by atoms with Crippen molar-refractivity contribution in [1.82, 2.24) is 19.3 Å². The fourth-order valence-electron chi connectivity index (χ4n) is 2.63. The minimum absolute atomic E-state index is 0.0747. The molecule has 0 saturated heterocycles. The van der Waals surface area contributed by atoms with Crippen molar-refractivity contribution >= 4 is 23.5 Å². The van der Waals surface area contributed by atoms with Crippen molar-refractivity contribution < 1.29 is 4.79 Å². The topological polar surface area (TPSA) is 64.7 Å². The van der Waals surface area contributed by atoms with Crippen molar-refractivity contribution in [3.63, 3.8) is 0 Å². The third-order valence-electron chi connectivity index (χ3n) is 3.85. The second-order valence-electron chi connectivity index (χ2n) is 6.16. The molecule has 7 heteroatoms. The van der Waals surface area contributed by atoms with Crippen LogP contribution in [-0.4, -0.2) is 31.0 Å². The summed E-state index contributed by atoms with van der Waals surface area (Å²) in [5.74, 6) is 0.905. The van der Waals surface area contributed by atoms with E-state index in [1.54, 1.807) is 10.9 Å². The normalized spacial score (nSPS) is 10.9. The number of benzene rings is 1. The zero-order valence-electron chi connectivity index (χ0n) is 15.3. The Labute approximate surface area is 157 Å². The number of amides is 1. The first-order valence-electron chi connectivity index (χ1n) is 8.64. The Hall–Kier alpha value is -2.54. The van der Waals surface area contributed by atoms with E-state index in [0.717, 1.165) is 29.5 Å². The molecule has 26 heavy (non-hydrogen) atoms. The van der Waals surface area contributed by atoms with E-state index in [1.165, 1.54) is 17.3 Å². The number of nitrogens with zero attached hydrogens (tertiary/aromatic N) is 4. The molecule has 0 radical (unpaired) electrons. The molecule has 0 atom stereocenters. The molecule has 3 aromatic rings. The highest BCUT2D eigenvalue weighted by Gasteiger charge is 2.12. The maximum atomic E-state index is 12.4. The van der Waals surface area contributed by atoms with E-state index >= 15 is 0 Å². The molecule has 2 aromatic heterocycles. The molecule has 0 aliphatic heterocycles. The summed E-state index contributed by atoms with van der Waals surface area (Å²) in [7, 11) is 0. The maximum absolute atomic E-state index is 12.4. The fraction of sp³-hybridized carbons (Fsp3) is 0.316. The van der Waals surface area contributed by atoms with Crippen molar-refractivity contribution in [2.45, 2.75) is 38.9 Å². The second-order valence-corrected chi connectivity index (χ2v) is 7.10. The number of hydrogen-bond acceptors (Lipinski definition) is 4. The van der Waals surface area contributed by atoms with Gasteiger partial charge in [-0.05, 0) is 32.4 Å². The molecule has 0 spiro atoms. The van der Waals surface area contributed by atoms with Crippen LogP contribution in [0.3, 0.4) is 0 Å².